The summed E-state index contributed by atoms with van der Waals surface area (Å²) in [4.78, 5) is 13.5. The van der Waals surface area contributed by atoms with E-state index in [2.05, 4.69) is 10.6 Å². The highest BCUT2D eigenvalue weighted by Gasteiger charge is 2.24. The zero-order valence-electron chi connectivity index (χ0n) is 8.47. The van der Waals surface area contributed by atoms with Crippen LogP contribution in [-0.4, -0.2) is 50.6 Å². The highest BCUT2D eigenvalue weighted by atomic mass is 16.2. The first-order valence-corrected chi connectivity index (χ1v) is 4.88. The van der Waals surface area contributed by atoms with Crippen molar-refractivity contribution in [3.05, 3.63) is 0 Å². The van der Waals surface area contributed by atoms with Crippen molar-refractivity contribution in [2.24, 2.45) is 0 Å². The van der Waals surface area contributed by atoms with Crippen LogP contribution in [0.4, 0.5) is 0 Å². The Morgan fingerprint density at radius 1 is 1.69 bits per heavy atom. The number of nitrogens with one attached hydrogen (secondary N) is 2. The molecule has 0 saturated carbocycles. The van der Waals surface area contributed by atoms with E-state index in [1.807, 2.05) is 14.1 Å². The van der Waals surface area contributed by atoms with Gasteiger partial charge in [-0.3, -0.25) is 4.79 Å². The molecular weight excluding hydrogens is 166 g/mol. The second-order valence-electron chi connectivity index (χ2n) is 3.51. The molecule has 4 heteroatoms. The van der Waals surface area contributed by atoms with Gasteiger partial charge in [0.1, 0.15) is 0 Å². The van der Waals surface area contributed by atoms with Crippen molar-refractivity contribution in [1.29, 1.82) is 0 Å². The molecule has 1 fully saturated rings. The van der Waals surface area contributed by atoms with E-state index in [-0.39, 0.29) is 11.9 Å². The van der Waals surface area contributed by atoms with Gasteiger partial charge in [-0.25, -0.2) is 0 Å². The van der Waals surface area contributed by atoms with Crippen molar-refractivity contribution in [2.45, 2.75) is 18.9 Å². The number of carbonyl (C=O) groups excluding carboxylic acids is 1. The van der Waals surface area contributed by atoms with E-state index in [0.29, 0.717) is 0 Å². The predicted molar refractivity (Wildman–Crippen MR) is 52.6 cm³/mol. The van der Waals surface area contributed by atoms with Crippen LogP contribution in [0, 0.1) is 0 Å². The molecule has 1 saturated heterocycles. The van der Waals surface area contributed by atoms with Crippen molar-refractivity contribution in [1.82, 2.24) is 15.5 Å². The van der Waals surface area contributed by atoms with Crippen molar-refractivity contribution in [3.8, 4) is 0 Å². The van der Waals surface area contributed by atoms with Crippen LogP contribution in [-0.2, 0) is 4.79 Å². The Labute approximate surface area is 79.7 Å². The number of rotatable bonds is 4. The van der Waals surface area contributed by atoms with E-state index in [4.69, 9.17) is 0 Å². The highest BCUT2D eigenvalue weighted by Crippen LogP contribution is 2.07. The lowest BCUT2D eigenvalue weighted by molar-refractivity contribution is -0.131. The van der Waals surface area contributed by atoms with E-state index in [1.165, 1.54) is 0 Å². The normalized spacial score (nSPS) is 21.8. The molecular formula is C9H19N3O. The standard InChI is InChI=1S/C9H19N3O/c1-10-6-7-12(2)9(13)8-4-3-5-11-8/h8,10-11H,3-7H2,1-2H3/t8-/m1/s1. The van der Waals surface area contributed by atoms with Crippen LogP contribution in [0.1, 0.15) is 12.8 Å². The Morgan fingerprint density at radius 2 is 2.46 bits per heavy atom. The SMILES string of the molecule is CNCCN(C)C(=O)[C@H]1CCCN1. The number of amides is 1. The van der Waals surface area contributed by atoms with Gasteiger partial charge in [0.2, 0.25) is 5.91 Å². The Kier molecular flexibility index (Phi) is 4.18. The van der Waals surface area contributed by atoms with Crippen LogP contribution >= 0.6 is 0 Å². The van der Waals surface area contributed by atoms with Crippen molar-refractivity contribution >= 4 is 5.91 Å². The molecule has 1 amide bonds. The second-order valence-corrected chi connectivity index (χ2v) is 3.51. The smallest absolute Gasteiger partial charge is 0.239 e. The summed E-state index contributed by atoms with van der Waals surface area (Å²) in [7, 11) is 3.76. The third-order valence-corrected chi connectivity index (χ3v) is 2.43. The minimum absolute atomic E-state index is 0.0712. The first-order valence-electron chi connectivity index (χ1n) is 4.88. The van der Waals surface area contributed by atoms with E-state index >= 15 is 0 Å². The molecule has 1 rings (SSSR count). The van der Waals surface area contributed by atoms with Crippen LogP contribution < -0.4 is 10.6 Å². The van der Waals surface area contributed by atoms with Crippen molar-refractivity contribution < 1.29 is 4.79 Å². The predicted octanol–water partition coefficient (Wildman–Crippen LogP) is -0.584. The highest BCUT2D eigenvalue weighted by molar-refractivity contribution is 5.81. The van der Waals surface area contributed by atoms with Crippen molar-refractivity contribution in [3.63, 3.8) is 0 Å². The average molecular weight is 185 g/mol. The van der Waals surface area contributed by atoms with Gasteiger partial charge in [0, 0.05) is 20.1 Å². The second kappa shape index (κ2) is 5.19. The molecule has 1 aliphatic rings. The molecule has 0 aromatic heterocycles. The maximum atomic E-state index is 11.7. The van der Waals surface area contributed by atoms with Gasteiger partial charge in [-0.2, -0.15) is 0 Å². The van der Waals surface area contributed by atoms with Crippen LogP contribution in [0.3, 0.4) is 0 Å². The van der Waals surface area contributed by atoms with E-state index in [1.54, 1.807) is 4.90 Å². The van der Waals surface area contributed by atoms with Gasteiger partial charge in [-0.1, -0.05) is 0 Å². The first-order chi connectivity index (χ1) is 6.25. The maximum Gasteiger partial charge on any atom is 0.239 e. The number of hydrogen-bond acceptors (Lipinski definition) is 3. The van der Waals surface area contributed by atoms with Gasteiger partial charge in [0.05, 0.1) is 6.04 Å². The third kappa shape index (κ3) is 2.97. The third-order valence-electron chi connectivity index (χ3n) is 2.43. The fourth-order valence-electron chi connectivity index (χ4n) is 1.55. The molecule has 0 spiro atoms. The van der Waals surface area contributed by atoms with Gasteiger partial charge < -0.3 is 15.5 Å². The van der Waals surface area contributed by atoms with Crippen LogP contribution in [0.25, 0.3) is 0 Å². The molecule has 13 heavy (non-hydrogen) atoms. The quantitative estimate of drug-likeness (QED) is 0.615. The maximum absolute atomic E-state index is 11.7. The topological polar surface area (TPSA) is 44.4 Å². The fraction of sp³-hybridized carbons (Fsp3) is 0.889. The van der Waals surface area contributed by atoms with E-state index in [0.717, 1.165) is 32.5 Å². The molecule has 0 bridgehead atoms. The first kappa shape index (κ1) is 10.5. The molecule has 0 radical (unpaired) electrons. The molecule has 0 aromatic carbocycles. The fourth-order valence-corrected chi connectivity index (χ4v) is 1.55. The van der Waals surface area contributed by atoms with Gasteiger partial charge in [-0.15, -0.1) is 0 Å². The zero-order valence-corrected chi connectivity index (χ0v) is 8.47. The monoisotopic (exact) mass is 185 g/mol. The Balaban J connectivity index is 2.28. The van der Waals surface area contributed by atoms with Crippen LogP contribution in [0.2, 0.25) is 0 Å². The van der Waals surface area contributed by atoms with E-state index in [9.17, 15) is 4.79 Å². The van der Waals surface area contributed by atoms with Crippen LogP contribution in [0.5, 0.6) is 0 Å². The largest absolute Gasteiger partial charge is 0.343 e. The summed E-state index contributed by atoms with van der Waals surface area (Å²) >= 11 is 0. The number of hydrogen-bond donors (Lipinski definition) is 2. The zero-order chi connectivity index (χ0) is 9.68. The van der Waals surface area contributed by atoms with E-state index < -0.39 is 0 Å². The Hall–Kier alpha value is -0.610. The molecule has 76 valence electrons. The summed E-state index contributed by atoms with van der Waals surface area (Å²) in [5, 5.41) is 6.23. The Bertz CT molecular complexity index is 166. The number of carbonyl (C=O) groups is 1. The molecule has 0 aromatic rings. The Morgan fingerprint density at radius 3 is 3.00 bits per heavy atom. The molecule has 1 heterocycles. The summed E-state index contributed by atoms with van der Waals surface area (Å²) in [6.45, 7) is 2.62. The summed E-state index contributed by atoms with van der Waals surface area (Å²) in [5.74, 6) is 0.229. The van der Waals surface area contributed by atoms with Gasteiger partial charge in [0.25, 0.3) is 0 Å². The molecule has 2 N–H and O–H groups in total. The lowest BCUT2D eigenvalue weighted by Crippen LogP contribution is -2.43. The molecule has 1 atom stereocenters. The van der Waals surface area contributed by atoms with Gasteiger partial charge in [-0.05, 0) is 26.4 Å². The van der Waals surface area contributed by atoms with Gasteiger partial charge >= 0.3 is 0 Å². The summed E-state index contributed by atoms with van der Waals surface area (Å²) < 4.78 is 0. The van der Waals surface area contributed by atoms with Gasteiger partial charge in [0.15, 0.2) is 0 Å². The molecule has 4 nitrogen and oxygen atoms in total. The minimum Gasteiger partial charge on any atom is -0.343 e. The molecule has 1 aliphatic heterocycles. The molecule has 0 aliphatic carbocycles. The minimum atomic E-state index is 0.0712. The summed E-state index contributed by atoms with van der Waals surface area (Å²) in [6, 6.07) is 0.0712. The average Bonchev–Trinajstić information content (AvgIpc) is 2.65. The lowest BCUT2D eigenvalue weighted by Gasteiger charge is -2.20. The number of nitrogens with zero attached hydrogens (tertiary/aromatic N) is 1. The van der Waals surface area contributed by atoms with Crippen LogP contribution in [0.15, 0.2) is 0 Å². The summed E-state index contributed by atoms with van der Waals surface area (Å²) in [5.41, 5.74) is 0. The number of likely N-dealkylation sites (N-methyl/N-ethyl adjacent to an activating group) is 2. The molecule has 0 unspecified atom stereocenters. The lowest BCUT2D eigenvalue weighted by atomic mass is 10.2. The summed E-state index contributed by atoms with van der Waals surface area (Å²) in [6.07, 6.45) is 2.11. The van der Waals surface area contributed by atoms with Crippen molar-refractivity contribution in [2.75, 3.05) is 33.7 Å².